The fourth-order valence-corrected chi connectivity index (χ4v) is 3.01. The van der Waals surface area contributed by atoms with Crippen molar-refractivity contribution in [1.82, 2.24) is 26.6 Å². The van der Waals surface area contributed by atoms with Gasteiger partial charge in [-0.05, 0) is 18.3 Å². The number of aliphatic hydroxyl groups is 1. The van der Waals surface area contributed by atoms with Crippen LogP contribution < -0.4 is 32.3 Å². The Kier molecular flexibility index (Phi) is 16.0. The summed E-state index contributed by atoms with van der Waals surface area (Å²) in [5.74, 6) is -7.39. The van der Waals surface area contributed by atoms with Crippen LogP contribution in [0.3, 0.4) is 0 Å². The zero-order valence-electron chi connectivity index (χ0n) is 22.5. The van der Waals surface area contributed by atoms with Gasteiger partial charge in [-0.15, -0.1) is 0 Å². The van der Waals surface area contributed by atoms with Gasteiger partial charge < -0.3 is 47.6 Å². The maximum atomic E-state index is 12.7. The fraction of sp³-hybridized carbons (Fsp3) is 0.696. The molecule has 0 fully saturated rings. The maximum Gasteiger partial charge on any atom is 0.326 e. The van der Waals surface area contributed by atoms with Crippen LogP contribution >= 0.6 is 0 Å². The predicted octanol–water partition coefficient (Wildman–Crippen LogP) is -3.36. The van der Waals surface area contributed by atoms with E-state index >= 15 is 0 Å². The molecule has 0 aromatic heterocycles. The monoisotopic (exact) mass is 560 g/mol. The molecule has 39 heavy (non-hydrogen) atoms. The lowest BCUT2D eigenvalue weighted by Gasteiger charge is -2.25. The minimum atomic E-state index is -1.58. The van der Waals surface area contributed by atoms with Gasteiger partial charge in [0.25, 0.3) is 0 Å². The lowest BCUT2D eigenvalue weighted by atomic mass is 9.98. The molecule has 0 saturated carbocycles. The van der Waals surface area contributed by atoms with E-state index in [2.05, 4.69) is 26.6 Å². The molecule has 0 unspecified atom stereocenters. The van der Waals surface area contributed by atoms with E-state index in [0.29, 0.717) is 6.42 Å². The molecule has 0 aromatic carbocycles. The number of rotatable bonds is 18. The van der Waals surface area contributed by atoms with Gasteiger partial charge in [-0.2, -0.15) is 0 Å². The van der Waals surface area contributed by atoms with Crippen LogP contribution in [0, 0.1) is 11.8 Å². The summed E-state index contributed by atoms with van der Waals surface area (Å²) in [7, 11) is 0. The van der Waals surface area contributed by atoms with E-state index in [-0.39, 0.29) is 5.92 Å². The van der Waals surface area contributed by atoms with Gasteiger partial charge >= 0.3 is 11.9 Å². The third kappa shape index (κ3) is 13.5. The van der Waals surface area contributed by atoms with Crippen molar-refractivity contribution in [1.29, 1.82) is 0 Å². The van der Waals surface area contributed by atoms with Crippen LogP contribution in [0.15, 0.2) is 0 Å². The maximum absolute atomic E-state index is 12.7. The van der Waals surface area contributed by atoms with Crippen molar-refractivity contribution >= 4 is 41.5 Å². The van der Waals surface area contributed by atoms with E-state index in [9.17, 15) is 43.8 Å². The topological polar surface area (TPSA) is 266 Å². The van der Waals surface area contributed by atoms with Crippen LogP contribution in [0.25, 0.3) is 0 Å². The van der Waals surface area contributed by atoms with E-state index in [1.807, 2.05) is 0 Å². The molecule has 0 spiro atoms. The van der Waals surface area contributed by atoms with E-state index < -0.39 is 104 Å². The molecular weight excluding hydrogens is 520 g/mol. The van der Waals surface area contributed by atoms with Crippen LogP contribution in [-0.2, 0) is 33.6 Å². The second-order valence-electron chi connectivity index (χ2n) is 9.27. The summed E-state index contributed by atoms with van der Waals surface area (Å²) in [6.45, 7) is 4.77. The number of nitrogens with two attached hydrogens (primary N) is 1. The lowest BCUT2D eigenvalue weighted by Crippen LogP contribution is -2.58. The minimum absolute atomic E-state index is 0.159. The minimum Gasteiger partial charge on any atom is -0.481 e. The first-order valence-corrected chi connectivity index (χ1v) is 12.4. The number of amides is 5. The predicted molar refractivity (Wildman–Crippen MR) is 136 cm³/mol. The molecule has 0 heterocycles. The highest BCUT2D eigenvalue weighted by atomic mass is 16.4. The van der Waals surface area contributed by atoms with Crippen molar-refractivity contribution in [3.63, 3.8) is 0 Å². The average Bonchev–Trinajstić information content (AvgIpc) is 2.88. The van der Waals surface area contributed by atoms with Crippen molar-refractivity contribution < 1.29 is 48.9 Å². The molecule has 5 amide bonds. The molecule has 0 rings (SSSR count). The summed E-state index contributed by atoms with van der Waals surface area (Å²) in [6.07, 6.45) is -0.523. The van der Waals surface area contributed by atoms with Gasteiger partial charge in [0.1, 0.15) is 18.1 Å². The molecule has 0 aromatic rings. The highest BCUT2D eigenvalue weighted by Gasteiger charge is 2.31. The van der Waals surface area contributed by atoms with E-state index in [4.69, 9.17) is 10.8 Å². The third-order valence-electron chi connectivity index (χ3n) is 5.78. The summed E-state index contributed by atoms with van der Waals surface area (Å²) < 4.78 is 0. The molecule has 0 aliphatic rings. The van der Waals surface area contributed by atoms with Crippen LogP contribution in [0.2, 0.25) is 0 Å². The van der Waals surface area contributed by atoms with Crippen LogP contribution in [-0.4, -0.2) is 101 Å². The van der Waals surface area contributed by atoms with Gasteiger partial charge in [0.15, 0.2) is 0 Å². The molecule has 0 radical (unpaired) electrons. The van der Waals surface area contributed by atoms with Crippen molar-refractivity contribution in [3.05, 3.63) is 0 Å². The zero-order chi connectivity index (χ0) is 30.3. The zero-order valence-corrected chi connectivity index (χ0v) is 22.5. The summed E-state index contributed by atoms with van der Waals surface area (Å²) in [6, 6.07) is -5.18. The summed E-state index contributed by atoms with van der Waals surface area (Å²) in [5.41, 5.74) is 5.66. The molecule has 0 saturated heterocycles. The number of carboxylic acid groups (broad SMARTS) is 2. The molecule has 0 aliphatic heterocycles. The second kappa shape index (κ2) is 17.7. The Morgan fingerprint density at radius 3 is 1.82 bits per heavy atom. The van der Waals surface area contributed by atoms with Gasteiger partial charge in [-0.25, -0.2) is 4.79 Å². The number of hydrogen-bond donors (Lipinski definition) is 9. The number of hydrogen-bond acceptors (Lipinski definition) is 9. The van der Waals surface area contributed by atoms with Crippen LogP contribution in [0.1, 0.15) is 47.0 Å². The van der Waals surface area contributed by atoms with Crippen molar-refractivity contribution in [2.45, 2.75) is 71.1 Å². The molecule has 0 aliphatic carbocycles. The number of carbonyl (C=O) groups excluding carboxylic acids is 5. The van der Waals surface area contributed by atoms with Gasteiger partial charge in [0.2, 0.25) is 29.5 Å². The Morgan fingerprint density at radius 1 is 0.769 bits per heavy atom. The largest absolute Gasteiger partial charge is 0.481 e. The number of carboxylic acids is 2. The first-order valence-electron chi connectivity index (χ1n) is 12.4. The van der Waals surface area contributed by atoms with Gasteiger partial charge in [-0.3, -0.25) is 28.8 Å². The smallest absolute Gasteiger partial charge is 0.326 e. The van der Waals surface area contributed by atoms with Crippen LogP contribution in [0.4, 0.5) is 0 Å². The van der Waals surface area contributed by atoms with Crippen molar-refractivity contribution in [2.75, 3.05) is 19.7 Å². The van der Waals surface area contributed by atoms with Gasteiger partial charge in [-0.1, -0.05) is 34.1 Å². The second-order valence-corrected chi connectivity index (χ2v) is 9.27. The number of nitrogens with one attached hydrogen (secondary N) is 5. The summed E-state index contributed by atoms with van der Waals surface area (Å²) in [5, 5.41) is 39.1. The molecule has 16 heteroatoms. The van der Waals surface area contributed by atoms with Crippen molar-refractivity contribution in [3.8, 4) is 0 Å². The molecule has 0 bridgehead atoms. The highest BCUT2D eigenvalue weighted by Crippen LogP contribution is 2.09. The summed E-state index contributed by atoms with van der Waals surface area (Å²) in [4.78, 5) is 83.7. The van der Waals surface area contributed by atoms with Crippen LogP contribution in [0.5, 0.6) is 0 Å². The Labute approximate surface area is 225 Å². The third-order valence-corrected chi connectivity index (χ3v) is 5.78. The highest BCUT2D eigenvalue weighted by molar-refractivity contribution is 5.95. The first kappa shape index (κ1) is 35.2. The Balaban J connectivity index is 5.11. The lowest BCUT2D eigenvalue weighted by molar-refractivity contribution is -0.144. The standard InChI is InChI=1S/C23H40N6O10/c1-5-12(4)19(23(38)39)29-20(35)13(6-7-17(33)34)28-21(36)14(10-30)27-16(32)9-25-15(31)8-26-22(37)18(24)11(2)3/h11-14,18-19,30H,5-10,24H2,1-4H3,(H,25,31)(H,26,37)(H,27,32)(H,28,36)(H,29,35)(H,33,34)(H,38,39)/t12-,13-,14-,18-,19-/m0/s1. The Morgan fingerprint density at radius 2 is 1.33 bits per heavy atom. The molecular formula is C23H40N6O10. The molecule has 10 N–H and O–H groups in total. The average molecular weight is 561 g/mol. The van der Waals surface area contributed by atoms with Gasteiger partial charge in [0.05, 0.1) is 25.7 Å². The fourth-order valence-electron chi connectivity index (χ4n) is 3.01. The number of aliphatic carboxylic acids is 2. The normalized spacial score (nSPS) is 14.6. The SMILES string of the molecule is CC[C@H](C)[C@H](NC(=O)[C@H](CCC(=O)O)NC(=O)[C@H](CO)NC(=O)CNC(=O)CNC(=O)[C@@H](N)C(C)C)C(=O)O. The van der Waals surface area contributed by atoms with E-state index in [1.165, 1.54) is 0 Å². The Bertz CT molecular complexity index is 897. The summed E-state index contributed by atoms with van der Waals surface area (Å²) >= 11 is 0. The van der Waals surface area contributed by atoms with Crippen molar-refractivity contribution in [2.24, 2.45) is 17.6 Å². The number of carbonyl (C=O) groups is 7. The molecule has 222 valence electrons. The van der Waals surface area contributed by atoms with Gasteiger partial charge in [0, 0.05) is 6.42 Å². The van der Waals surface area contributed by atoms with E-state index in [0.717, 1.165) is 0 Å². The molecule has 16 nitrogen and oxygen atoms in total. The first-order chi connectivity index (χ1) is 18.1. The molecule has 5 atom stereocenters. The Hall–Kier alpha value is -3.79. The number of aliphatic hydroxyl groups excluding tert-OH is 1. The van der Waals surface area contributed by atoms with E-state index in [1.54, 1.807) is 27.7 Å². The quantitative estimate of drug-likeness (QED) is 0.0799.